The Bertz CT molecular complexity index is 1370. The molecule has 4 aromatic rings. The van der Waals surface area contributed by atoms with Gasteiger partial charge < -0.3 is 15.3 Å². The number of aromatic hydroxyl groups is 3. The fraction of sp³-hybridized carbons (Fsp3) is 0.120. The van der Waals surface area contributed by atoms with Crippen molar-refractivity contribution in [3.63, 3.8) is 0 Å². The third-order valence-corrected chi connectivity index (χ3v) is 5.23. The Morgan fingerprint density at radius 3 is 2.31 bits per heavy atom. The molecule has 1 amide bonds. The summed E-state index contributed by atoms with van der Waals surface area (Å²) in [6.45, 7) is 5.69. The SMILES string of the molecule is CC(=NNC(=O)c1ccc(O)cc1O)c1c(O)n(-c2cc(C)cc(C)c2)c2ccccc12. The van der Waals surface area contributed by atoms with Crippen molar-refractivity contribution in [1.29, 1.82) is 0 Å². The van der Waals surface area contributed by atoms with Gasteiger partial charge in [-0.3, -0.25) is 9.36 Å². The summed E-state index contributed by atoms with van der Waals surface area (Å²) >= 11 is 0. The summed E-state index contributed by atoms with van der Waals surface area (Å²) in [5.74, 6) is -1.13. The van der Waals surface area contributed by atoms with Crippen LogP contribution in [-0.4, -0.2) is 31.5 Å². The molecule has 4 N–H and O–H groups in total. The largest absolute Gasteiger partial charge is 0.508 e. The number of carbonyl (C=O) groups is 1. The maximum Gasteiger partial charge on any atom is 0.275 e. The van der Waals surface area contributed by atoms with E-state index >= 15 is 0 Å². The lowest BCUT2D eigenvalue weighted by molar-refractivity contribution is 0.0952. The van der Waals surface area contributed by atoms with Crippen LogP contribution in [0, 0.1) is 13.8 Å². The Morgan fingerprint density at radius 2 is 1.62 bits per heavy atom. The Morgan fingerprint density at radius 1 is 0.938 bits per heavy atom. The van der Waals surface area contributed by atoms with Crippen LogP contribution in [0.5, 0.6) is 17.4 Å². The smallest absolute Gasteiger partial charge is 0.275 e. The van der Waals surface area contributed by atoms with Gasteiger partial charge in [0.2, 0.25) is 5.88 Å². The van der Waals surface area contributed by atoms with E-state index in [2.05, 4.69) is 16.6 Å². The van der Waals surface area contributed by atoms with E-state index in [0.717, 1.165) is 33.8 Å². The molecule has 1 aromatic heterocycles. The fourth-order valence-electron chi connectivity index (χ4n) is 3.89. The molecule has 0 radical (unpaired) electrons. The Balaban J connectivity index is 1.77. The van der Waals surface area contributed by atoms with Crippen molar-refractivity contribution in [3.05, 3.63) is 82.9 Å². The minimum Gasteiger partial charge on any atom is -0.508 e. The molecule has 0 aliphatic carbocycles. The van der Waals surface area contributed by atoms with Gasteiger partial charge in [-0.1, -0.05) is 24.3 Å². The Hall–Kier alpha value is -4.26. The zero-order valence-corrected chi connectivity index (χ0v) is 17.9. The molecule has 7 heteroatoms. The van der Waals surface area contributed by atoms with Gasteiger partial charge in [0.05, 0.1) is 22.4 Å². The van der Waals surface area contributed by atoms with Crippen LogP contribution >= 0.6 is 0 Å². The fourth-order valence-corrected chi connectivity index (χ4v) is 3.89. The molecular formula is C25H23N3O4. The van der Waals surface area contributed by atoms with Gasteiger partial charge in [0.1, 0.15) is 11.5 Å². The van der Waals surface area contributed by atoms with Gasteiger partial charge in [0.25, 0.3) is 5.91 Å². The van der Waals surface area contributed by atoms with Crippen molar-refractivity contribution in [2.45, 2.75) is 20.8 Å². The van der Waals surface area contributed by atoms with Crippen molar-refractivity contribution in [2.75, 3.05) is 0 Å². The van der Waals surface area contributed by atoms with Crippen LogP contribution in [0.15, 0.2) is 65.8 Å². The molecule has 3 aromatic carbocycles. The summed E-state index contributed by atoms with van der Waals surface area (Å²) in [6, 6.07) is 17.3. The highest BCUT2D eigenvalue weighted by atomic mass is 16.3. The minimum atomic E-state index is -0.639. The zero-order chi connectivity index (χ0) is 23.0. The van der Waals surface area contributed by atoms with E-state index in [1.807, 2.05) is 50.2 Å². The first-order valence-corrected chi connectivity index (χ1v) is 10.0. The molecule has 7 nitrogen and oxygen atoms in total. The number of para-hydroxylation sites is 1. The molecule has 0 saturated heterocycles. The molecule has 0 unspecified atom stereocenters. The number of aromatic nitrogens is 1. The normalized spacial score (nSPS) is 11.7. The van der Waals surface area contributed by atoms with Crippen molar-refractivity contribution >= 4 is 22.5 Å². The average Bonchev–Trinajstić information content (AvgIpc) is 3.03. The number of aryl methyl sites for hydroxylation is 2. The number of nitrogens with zero attached hydrogens (tertiary/aromatic N) is 2. The van der Waals surface area contributed by atoms with Crippen LogP contribution in [0.2, 0.25) is 0 Å². The summed E-state index contributed by atoms with van der Waals surface area (Å²) in [5.41, 5.74) is 7.05. The highest BCUT2D eigenvalue weighted by molar-refractivity contribution is 6.13. The van der Waals surface area contributed by atoms with Crippen molar-refractivity contribution in [3.8, 4) is 23.1 Å². The van der Waals surface area contributed by atoms with Crippen LogP contribution in [0.4, 0.5) is 0 Å². The van der Waals surface area contributed by atoms with E-state index < -0.39 is 5.91 Å². The Labute approximate surface area is 184 Å². The molecule has 4 rings (SSSR count). The molecule has 1 heterocycles. The number of rotatable bonds is 4. The number of carbonyl (C=O) groups excluding carboxylic acids is 1. The molecule has 0 spiro atoms. The molecule has 162 valence electrons. The number of phenolic OH excluding ortho intramolecular Hbond substituents is 2. The highest BCUT2D eigenvalue weighted by Crippen LogP contribution is 2.35. The number of hydrogen-bond donors (Lipinski definition) is 4. The van der Waals surface area contributed by atoms with Gasteiger partial charge in [-0.05, 0) is 62.2 Å². The molecule has 0 saturated carbocycles. The van der Waals surface area contributed by atoms with Gasteiger partial charge in [-0.2, -0.15) is 5.10 Å². The second-order valence-corrected chi connectivity index (χ2v) is 7.74. The van der Waals surface area contributed by atoms with Gasteiger partial charge >= 0.3 is 0 Å². The van der Waals surface area contributed by atoms with Crippen LogP contribution in [0.25, 0.3) is 16.6 Å². The number of phenols is 2. The average molecular weight is 429 g/mol. The van der Waals surface area contributed by atoms with E-state index in [9.17, 15) is 20.1 Å². The zero-order valence-electron chi connectivity index (χ0n) is 17.9. The van der Waals surface area contributed by atoms with E-state index in [0.29, 0.717) is 11.3 Å². The number of fused-ring (bicyclic) bond motifs is 1. The maximum atomic E-state index is 12.4. The van der Waals surface area contributed by atoms with Gasteiger partial charge in [0, 0.05) is 17.1 Å². The predicted molar refractivity (Wildman–Crippen MR) is 124 cm³/mol. The topological polar surface area (TPSA) is 107 Å². The summed E-state index contributed by atoms with van der Waals surface area (Å²) in [5, 5.41) is 35.4. The maximum absolute atomic E-state index is 12.4. The van der Waals surface area contributed by atoms with Gasteiger partial charge in [-0.25, -0.2) is 5.43 Å². The van der Waals surface area contributed by atoms with Crippen molar-refractivity contribution in [2.24, 2.45) is 5.10 Å². The van der Waals surface area contributed by atoms with E-state index in [1.165, 1.54) is 12.1 Å². The van der Waals surface area contributed by atoms with Crippen LogP contribution < -0.4 is 5.43 Å². The van der Waals surface area contributed by atoms with Gasteiger partial charge in [0.15, 0.2) is 0 Å². The number of hydrogen-bond acceptors (Lipinski definition) is 5. The van der Waals surface area contributed by atoms with E-state index in [4.69, 9.17) is 0 Å². The molecule has 32 heavy (non-hydrogen) atoms. The lowest BCUT2D eigenvalue weighted by Crippen LogP contribution is -2.19. The molecular weight excluding hydrogens is 406 g/mol. The lowest BCUT2D eigenvalue weighted by Gasteiger charge is -2.10. The second kappa shape index (κ2) is 8.11. The van der Waals surface area contributed by atoms with E-state index in [1.54, 1.807) is 11.5 Å². The summed E-state index contributed by atoms with van der Waals surface area (Å²) in [6.07, 6.45) is 0. The number of benzene rings is 3. The summed E-state index contributed by atoms with van der Waals surface area (Å²) < 4.78 is 1.76. The van der Waals surface area contributed by atoms with Crippen molar-refractivity contribution < 1.29 is 20.1 Å². The monoisotopic (exact) mass is 429 g/mol. The first-order chi connectivity index (χ1) is 15.3. The Kier molecular flexibility index (Phi) is 5.32. The van der Waals surface area contributed by atoms with Crippen LogP contribution in [-0.2, 0) is 0 Å². The minimum absolute atomic E-state index is 0.0131. The first kappa shape index (κ1) is 21.0. The second-order valence-electron chi connectivity index (χ2n) is 7.74. The highest BCUT2D eigenvalue weighted by Gasteiger charge is 2.20. The van der Waals surface area contributed by atoms with E-state index in [-0.39, 0.29) is 22.9 Å². The number of nitrogens with one attached hydrogen (secondary N) is 1. The van der Waals surface area contributed by atoms with Gasteiger partial charge in [-0.15, -0.1) is 0 Å². The van der Waals surface area contributed by atoms with Crippen LogP contribution in [0.3, 0.4) is 0 Å². The molecule has 0 bridgehead atoms. The first-order valence-electron chi connectivity index (χ1n) is 10.0. The number of amides is 1. The molecule has 0 fully saturated rings. The van der Waals surface area contributed by atoms with Crippen LogP contribution in [0.1, 0.15) is 34.0 Å². The molecule has 0 atom stereocenters. The lowest BCUT2D eigenvalue weighted by atomic mass is 10.1. The third kappa shape index (κ3) is 3.76. The number of hydrazone groups is 1. The molecule has 0 aliphatic heterocycles. The summed E-state index contributed by atoms with van der Waals surface area (Å²) in [4.78, 5) is 12.4. The molecule has 0 aliphatic rings. The quantitative estimate of drug-likeness (QED) is 0.283. The summed E-state index contributed by atoms with van der Waals surface area (Å²) in [7, 11) is 0. The van der Waals surface area contributed by atoms with Crippen molar-refractivity contribution in [1.82, 2.24) is 9.99 Å². The standard InChI is InChI=1S/C25H23N3O4/c1-14-10-15(2)12-17(11-14)28-21-7-5-4-6-19(21)23(25(28)32)16(3)26-27-24(31)20-9-8-18(29)13-22(20)30/h4-13,29-30,32H,1-3H3,(H,27,31). The third-order valence-electron chi connectivity index (χ3n) is 5.23. The predicted octanol–water partition coefficient (Wildman–Crippen LogP) is 4.52.